The van der Waals surface area contributed by atoms with Gasteiger partial charge < -0.3 is 0 Å². The lowest BCUT2D eigenvalue weighted by Crippen LogP contribution is -2.62. The second-order valence-electron chi connectivity index (χ2n) is 4.75. The summed E-state index contributed by atoms with van der Waals surface area (Å²) >= 11 is 0. The van der Waals surface area contributed by atoms with Gasteiger partial charge in [-0.05, 0) is 0 Å². The van der Waals surface area contributed by atoms with Crippen molar-refractivity contribution in [1.82, 2.24) is 14.7 Å². The molecule has 1 fully saturated rings. The van der Waals surface area contributed by atoms with E-state index < -0.39 is 6.04 Å². The number of carbonyl (C=O) groups is 2. The van der Waals surface area contributed by atoms with Crippen molar-refractivity contribution in [3.05, 3.63) is 12.7 Å². The second-order valence-corrected chi connectivity index (χ2v) is 4.75. The number of aliphatic imine (C=N–C) groups is 1. The van der Waals surface area contributed by atoms with Crippen molar-refractivity contribution < 1.29 is 14.2 Å². The number of rotatable bonds is 2. The third kappa shape index (κ3) is 1.81. The van der Waals surface area contributed by atoms with Crippen molar-refractivity contribution in [3.63, 3.8) is 0 Å². The number of carbonyl (C=O) groups excluding carboxylic acids is 2. The van der Waals surface area contributed by atoms with Crippen LogP contribution < -0.4 is 0 Å². The fraction of sp³-hybridized carbons (Fsp3) is 0.500. The molecule has 2 aliphatic heterocycles. The molecule has 102 valence electrons. The van der Waals surface area contributed by atoms with Gasteiger partial charge in [-0.1, -0.05) is 17.6 Å². The van der Waals surface area contributed by atoms with Crippen molar-refractivity contribution in [2.24, 2.45) is 4.99 Å². The average molecular weight is 264 g/mol. The topological polar surface area (TPSA) is 59.2 Å². The molecule has 0 bridgehead atoms. The van der Waals surface area contributed by atoms with Crippen LogP contribution in [0.4, 0.5) is 4.79 Å². The Hall–Kier alpha value is -2.18. The Morgan fingerprint density at radius 2 is 1.95 bits per heavy atom. The Kier molecular flexibility index (Phi) is 3.13. The minimum absolute atomic E-state index is 0.263. The van der Waals surface area contributed by atoms with Gasteiger partial charge in [0.05, 0.1) is 20.6 Å². The Morgan fingerprint density at radius 1 is 1.32 bits per heavy atom. The van der Waals surface area contributed by atoms with Crippen LogP contribution in [0, 0.1) is 0 Å². The molecule has 19 heavy (non-hydrogen) atoms. The molecule has 0 N–H and O–H groups in total. The molecule has 2 rings (SSSR count). The summed E-state index contributed by atoms with van der Waals surface area (Å²) in [7, 11) is 6.81. The first-order chi connectivity index (χ1) is 8.90. The maximum Gasteiger partial charge on any atom is 0.392 e. The normalized spacial score (nSPS) is 22.7. The van der Waals surface area contributed by atoms with Crippen molar-refractivity contribution >= 4 is 23.7 Å². The largest absolute Gasteiger partial charge is 0.392 e. The van der Waals surface area contributed by atoms with Crippen LogP contribution in [-0.4, -0.2) is 83.8 Å². The highest BCUT2D eigenvalue weighted by atomic mass is 16.2. The monoisotopic (exact) mass is 264 g/mol. The van der Waals surface area contributed by atoms with Gasteiger partial charge in [-0.3, -0.25) is 19.2 Å². The summed E-state index contributed by atoms with van der Waals surface area (Å²) in [6.45, 7) is 4.20. The van der Waals surface area contributed by atoms with E-state index in [-0.39, 0.29) is 11.9 Å². The zero-order valence-corrected chi connectivity index (χ0v) is 11.6. The number of fused-ring (bicyclic) bond motifs is 1. The van der Waals surface area contributed by atoms with Crippen LogP contribution in [0.3, 0.4) is 0 Å². The lowest BCUT2D eigenvalue weighted by Gasteiger charge is -2.32. The number of likely N-dealkylation sites (N-methyl/N-ethyl adjacent to an activating group) is 2. The second kappa shape index (κ2) is 4.49. The number of amides is 3. The minimum atomic E-state index is -0.553. The predicted octanol–water partition coefficient (Wildman–Crippen LogP) is -0.593. The maximum absolute atomic E-state index is 12.3. The number of guanidine groups is 1. The molecular weight excluding hydrogens is 246 g/mol. The third-order valence-corrected chi connectivity index (χ3v) is 3.24. The van der Waals surface area contributed by atoms with Gasteiger partial charge in [0.25, 0.3) is 5.91 Å². The molecule has 0 spiro atoms. The van der Waals surface area contributed by atoms with Crippen molar-refractivity contribution in [3.8, 4) is 0 Å². The highest BCUT2D eigenvalue weighted by Crippen LogP contribution is 2.22. The molecule has 0 aromatic heterocycles. The standard InChI is InChI=1S/C12H18N5O2/c1-6-7-17-8-9(13-11(17)14(2)3)15(4)12(19)16(5)10(8)18/h6,8H,1,7H2,2-5H3/q+1. The van der Waals surface area contributed by atoms with Gasteiger partial charge in [0.15, 0.2) is 0 Å². The summed E-state index contributed by atoms with van der Waals surface area (Å²) < 4.78 is 1.82. The molecule has 7 nitrogen and oxygen atoms in total. The minimum Gasteiger partial charge on any atom is -0.270 e. The highest BCUT2D eigenvalue weighted by Gasteiger charge is 2.54. The van der Waals surface area contributed by atoms with Crippen LogP contribution in [0.2, 0.25) is 0 Å². The first-order valence-corrected chi connectivity index (χ1v) is 5.95. The molecule has 0 aromatic carbocycles. The molecule has 2 aliphatic rings. The molecular formula is C12H18N5O2+. The van der Waals surface area contributed by atoms with E-state index in [1.807, 2.05) is 23.6 Å². The van der Waals surface area contributed by atoms with E-state index in [1.54, 1.807) is 13.1 Å². The zero-order valence-electron chi connectivity index (χ0n) is 11.6. The van der Waals surface area contributed by atoms with Gasteiger partial charge in [-0.25, -0.2) is 9.69 Å². The van der Waals surface area contributed by atoms with Gasteiger partial charge in [-0.15, -0.1) is 0 Å². The Bertz CT molecular complexity index is 518. The summed E-state index contributed by atoms with van der Waals surface area (Å²) in [6.07, 6.45) is 1.71. The number of hydrogen-bond donors (Lipinski definition) is 0. The molecule has 0 saturated carbocycles. The van der Waals surface area contributed by atoms with E-state index in [0.29, 0.717) is 18.3 Å². The molecule has 1 saturated heterocycles. The van der Waals surface area contributed by atoms with E-state index in [2.05, 4.69) is 11.6 Å². The van der Waals surface area contributed by atoms with E-state index in [1.165, 1.54) is 11.9 Å². The summed E-state index contributed by atoms with van der Waals surface area (Å²) in [5, 5.41) is 0. The van der Waals surface area contributed by atoms with E-state index in [0.717, 1.165) is 4.90 Å². The fourth-order valence-corrected chi connectivity index (χ4v) is 2.27. The van der Waals surface area contributed by atoms with Crippen molar-refractivity contribution in [1.29, 1.82) is 0 Å². The fourth-order valence-electron chi connectivity index (χ4n) is 2.27. The molecule has 1 atom stereocenters. The lowest BCUT2D eigenvalue weighted by atomic mass is 10.1. The molecule has 0 aliphatic carbocycles. The third-order valence-electron chi connectivity index (χ3n) is 3.24. The Morgan fingerprint density at radius 3 is 2.47 bits per heavy atom. The summed E-state index contributed by atoms with van der Waals surface area (Å²) in [5.41, 5.74) is 0. The van der Waals surface area contributed by atoms with Crippen LogP contribution in [0.15, 0.2) is 17.6 Å². The van der Waals surface area contributed by atoms with E-state index >= 15 is 0 Å². The summed E-state index contributed by atoms with van der Waals surface area (Å²) in [5.74, 6) is 0.863. The Labute approximate surface area is 112 Å². The van der Waals surface area contributed by atoms with Gasteiger partial charge in [-0.2, -0.15) is 0 Å². The number of imide groups is 1. The van der Waals surface area contributed by atoms with Gasteiger partial charge >= 0.3 is 12.0 Å². The molecule has 0 aromatic rings. The Balaban J connectivity index is 2.52. The number of nitrogens with zero attached hydrogens (tertiary/aromatic N) is 5. The van der Waals surface area contributed by atoms with Crippen LogP contribution in [0.1, 0.15) is 0 Å². The average Bonchev–Trinajstić information content (AvgIpc) is 2.74. The molecule has 2 heterocycles. The molecule has 7 heteroatoms. The smallest absolute Gasteiger partial charge is 0.270 e. The molecule has 3 amide bonds. The predicted molar refractivity (Wildman–Crippen MR) is 71.2 cm³/mol. The quantitative estimate of drug-likeness (QED) is 0.494. The van der Waals surface area contributed by atoms with Crippen molar-refractivity contribution in [2.45, 2.75) is 6.04 Å². The van der Waals surface area contributed by atoms with E-state index in [4.69, 9.17) is 0 Å². The first-order valence-electron chi connectivity index (χ1n) is 5.95. The van der Waals surface area contributed by atoms with Crippen LogP contribution >= 0.6 is 0 Å². The number of amidine groups is 1. The van der Waals surface area contributed by atoms with Gasteiger partial charge in [0.2, 0.25) is 11.9 Å². The van der Waals surface area contributed by atoms with Crippen LogP contribution in [-0.2, 0) is 4.79 Å². The van der Waals surface area contributed by atoms with Crippen molar-refractivity contribution in [2.75, 3.05) is 34.7 Å². The maximum atomic E-state index is 12.3. The summed E-state index contributed by atoms with van der Waals surface area (Å²) in [4.78, 5) is 33.0. The molecule has 0 radical (unpaired) electrons. The first kappa shape index (κ1) is 13.3. The van der Waals surface area contributed by atoms with E-state index in [9.17, 15) is 9.59 Å². The zero-order chi connectivity index (χ0) is 14.3. The lowest BCUT2D eigenvalue weighted by molar-refractivity contribution is -0.470. The highest BCUT2D eigenvalue weighted by molar-refractivity contribution is 6.25. The number of hydrogen-bond acceptors (Lipinski definition) is 2. The molecule has 1 unspecified atom stereocenters. The SMILES string of the molecule is C=CCN1C(=[N+](C)C)N=C2C1C(=O)N(C)C(=O)N2C. The van der Waals surface area contributed by atoms with Gasteiger partial charge in [0.1, 0.15) is 0 Å². The van der Waals surface area contributed by atoms with Crippen LogP contribution in [0.5, 0.6) is 0 Å². The van der Waals surface area contributed by atoms with Crippen LogP contribution in [0.25, 0.3) is 0 Å². The summed E-state index contributed by atoms with van der Waals surface area (Å²) in [6, 6.07) is -0.915. The number of urea groups is 1. The van der Waals surface area contributed by atoms with Gasteiger partial charge in [0, 0.05) is 14.1 Å².